The maximum atomic E-state index is 13.0. The van der Waals surface area contributed by atoms with Gasteiger partial charge in [-0.3, -0.25) is 4.79 Å². The van der Waals surface area contributed by atoms with E-state index in [9.17, 15) is 13.2 Å². The van der Waals surface area contributed by atoms with Gasteiger partial charge in [0.25, 0.3) is 5.91 Å². The molecule has 8 heteroatoms. The fourth-order valence-electron chi connectivity index (χ4n) is 3.19. The molecule has 1 atom stereocenters. The Hall–Kier alpha value is -1.48. The van der Waals surface area contributed by atoms with Crippen LogP contribution in [0.15, 0.2) is 23.1 Å². The van der Waals surface area contributed by atoms with Crippen molar-refractivity contribution in [2.75, 3.05) is 46.4 Å². The molecular formula is C18H30N3O4S+. The van der Waals surface area contributed by atoms with Gasteiger partial charge >= 0.3 is 0 Å². The van der Waals surface area contributed by atoms with E-state index in [0.29, 0.717) is 44.2 Å². The maximum absolute atomic E-state index is 13.0. The number of benzene rings is 1. The maximum Gasteiger partial charge on any atom is 0.278 e. The van der Waals surface area contributed by atoms with E-state index in [2.05, 4.69) is 5.32 Å². The molecule has 1 amide bonds. The average molecular weight is 385 g/mol. The lowest BCUT2D eigenvalue weighted by Gasteiger charge is -2.34. The predicted octanol–water partition coefficient (Wildman–Crippen LogP) is -0.656. The number of carbonyl (C=O) groups is 1. The molecule has 0 aromatic heterocycles. The smallest absolute Gasteiger partial charge is 0.278 e. The lowest BCUT2D eigenvalue weighted by atomic mass is 10.2. The standard InChI is InChI=1S/C18H29N3O4S/c1-14-5-6-15(2)17(13-14)26(23,24)21-10-8-20(9-11-21)16(3)18(22)19-7-12-25-4/h5-6,13,16H,7-12H2,1-4H3,(H,19,22)/p+1/t16-/m0/s1. The van der Waals surface area contributed by atoms with Crippen molar-refractivity contribution in [3.05, 3.63) is 29.3 Å². The van der Waals surface area contributed by atoms with Crippen LogP contribution in [0.2, 0.25) is 0 Å². The van der Waals surface area contributed by atoms with Crippen LogP contribution in [0.5, 0.6) is 0 Å². The highest BCUT2D eigenvalue weighted by molar-refractivity contribution is 7.89. The van der Waals surface area contributed by atoms with Crippen LogP contribution in [-0.2, 0) is 19.6 Å². The van der Waals surface area contributed by atoms with Gasteiger partial charge in [-0.1, -0.05) is 12.1 Å². The van der Waals surface area contributed by atoms with Gasteiger partial charge in [-0.25, -0.2) is 8.42 Å². The molecule has 0 spiro atoms. The molecule has 2 N–H and O–H groups in total. The van der Waals surface area contributed by atoms with Gasteiger partial charge < -0.3 is 15.0 Å². The molecule has 0 unspecified atom stereocenters. The number of amides is 1. The van der Waals surface area contributed by atoms with E-state index in [4.69, 9.17) is 4.74 Å². The second kappa shape index (κ2) is 8.94. The number of nitrogens with zero attached hydrogens (tertiary/aromatic N) is 1. The van der Waals surface area contributed by atoms with Crippen LogP contribution in [0.4, 0.5) is 0 Å². The van der Waals surface area contributed by atoms with Crippen LogP contribution in [0, 0.1) is 13.8 Å². The third-order valence-corrected chi connectivity index (χ3v) is 6.98. The summed E-state index contributed by atoms with van der Waals surface area (Å²) in [5.41, 5.74) is 1.69. The number of rotatable bonds is 7. The molecule has 1 aliphatic heterocycles. The zero-order valence-electron chi connectivity index (χ0n) is 16.0. The van der Waals surface area contributed by atoms with Gasteiger partial charge in [0.1, 0.15) is 0 Å². The molecular weight excluding hydrogens is 354 g/mol. The van der Waals surface area contributed by atoms with Crippen molar-refractivity contribution < 1.29 is 22.8 Å². The van der Waals surface area contributed by atoms with Crippen LogP contribution >= 0.6 is 0 Å². The Morgan fingerprint density at radius 1 is 1.31 bits per heavy atom. The fraction of sp³-hybridized carbons (Fsp3) is 0.611. The van der Waals surface area contributed by atoms with Gasteiger partial charge in [-0.15, -0.1) is 0 Å². The van der Waals surface area contributed by atoms with Crippen molar-refractivity contribution in [2.45, 2.75) is 31.7 Å². The summed E-state index contributed by atoms with van der Waals surface area (Å²) in [5, 5.41) is 2.85. The lowest BCUT2D eigenvalue weighted by molar-refractivity contribution is -0.917. The predicted molar refractivity (Wildman–Crippen MR) is 99.7 cm³/mol. The van der Waals surface area contributed by atoms with E-state index >= 15 is 0 Å². The molecule has 1 aromatic carbocycles. The molecule has 0 saturated carbocycles. The SMILES string of the molecule is COCCNC(=O)[C@H](C)[NH+]1CCN(S(=O)(=O)c2cc(C)ccc2C)CC1. The molecule has 1 fully saturated rings. The average Bonchev–Trinajstić information content (AvgIpc) is 2.63. The molecule has 1 aliphatic rings. The minimum absolute atomic E-state index is 0.0251. The summed E-state index contributed by atoms with van der Waals surface area (Å²) in [5.74, 6) is -0.0251. The second-order valence-electron chi connectivity index (χ2n) is 6.84. The van der Waals surface area contributed by atoms with Crippen LogP contribution in [0.3, 0.4) is 0 Å². The van der Waals surface area contributed by atoms with Gasteiger partial charge in [0.15, 0.2) is 6.04 Å². The highest BCUT2D eigenvalue weighted by atomic mass is 32.2. The molecule has 0 radical (unpaired) electrons. The van der Waals surface area contributed by atoms with Crippen LogP contribution < -0.4 is 10.2 Å². The minimum Gasteiger partial charge on any atom is -0.383 e. The topological polar surface area (TPSA) is 80.2 Å². The molecule has 26 heavy (non-hydrogen) atoms. The van der Waals surface area contributed by atoms with Crippen LogP contribution in [-0.4, -0.2) is 71.1 Å². The summed E-state index contributed by atoms with van der Waals surface area (Å²) in [7, 11) is -1.91. The Kier molecular flexibility index (Phi) is 7.16. The van der Waals surface area contributed by atoms with E-state index < -0.39 is 10.0 Å². The van der Waals surface area contributed by atoms with Crippen molar-refractivity contribution in [1.82, 2.24) is 9.62 Å². The molecule has 2 rings (SSSR count). The number of quaternary nitrogens is 1. The van der Waals surface area contributed by atoms with E-state index in [-0.39, 0.29) is 11.9 Å². The van der Waals surface area contributed by atoms with Gasteiger partial charge in [0.05, 0.1) is 37.7 Å². The van der Waals surface area contributed by atoms with Gasteiger partial charge in [0.2, 0.25) is 10.0 Å². The fourth-order valence-corrected chi connectivity index (χ4v) is 4.94. The molecule has 0 bridgehead atoms. The number of hydrogen-bond acceptors (Lipinski definition) is 4. The van der Waals surface area contributed by atoms with Crippen molar-refractivity contribution in [3.63, 3.8) is 0 Å². The zero-order chi connectivity index (χ0) is 19.3. The van der Waals surface area contributed by atoms with Crippen molar-refractivity contribution in [2.24, 2.45) is 0 Å². The monoisotopic (exact) mass is 384 g/mol. The van der Waals surface area contributed by atoms with Crippen LogP contribution in [0.25, 0.3) is 0 Å². The Bertz CT molecular complexity index is 728. The first-order chi connectivity index (χ1) is 12.3. The van der Waals surface area contributed by atoms with Crippen molar-refractivity contribution >= 4 is 15.9 Å². The summed E-state index contributed by atoms with van der Waals surface area (Å²) in [6, 6.07) is 5.28. The van der Waals surface area contributed by atoms with E-state index in [1.54, 1.807) is 13.2 Å². The third kappa shape index (κ3) is 4.82. The van der Waals surface area contributed by atoms with Gasteiger partial charge in [-0.05, 0) is 38.0 Å². The number of carbonyl (C=O) groups excluding carboxylic acids is 1. The number of sulfonamides is 1. The Morgan fingerprint density at radius 2 is 1.96 bits per heavy atom. The van der Waals surface area contributed by atoms with Gasteiger partial charge in [-0.2, -0.15) is 4.31 Å². The van der Waals surface area contributed by atoms with Crippen LogP contribution in [0.1, 0.15) is 18.1 Å². The second-order valence-corrected chi connectivity index (χ2v) is 8.74. The highest BCUT2D eigenvalue weighted by Gasteiger charge is 2.34. The third-order valence-electron chi connectivity index (χ3n) is 4.94. The number of methoxy groups -OCH3 is 1. The molecule has 1 heterocycles. The van der Waals surface area contributed by atoms with E-state index in [1.807, 2.05) is 32.9 Å². The van der Waals surface area contributed by atoms with Crippen molar-refractivity contribution in [3.8, 4) is 0 Å². The number of piperazine rings is 1. The summed E-state index contributed by atoms with van der Waals surface area (Å²) in [6.45, 7) is 8.63. The number of hydrogen-bond donors (Lipinski definition) is 2. The van der Waals surface area contributed by atoms with Crippen molar-refractivity contribution in [1.29, 1.82) is 0 Å². The first-order valence-corrected chi connectivity index (χ1v) is 10.4. The minimum atomic E-state index is -3.50. The summed E-state index contributed by atoms with van der Waals surface area (Å²) in [6.07, 6.45) is 0. The summed E-state index contributed by atoms with van der Waals surface area (Å²) < 4.78 is 32.4. The highest BCUT2D eigenvalue weighted by Crippen LogP contribution is 2.21. The Morgan fingerprint density at radius 3 is 2.58 bits per heavy atom. The van der Waals surface area contributed by atoms with Gasteiger partial charge in [0, 0.05) is 13.7 Å². The molecule has 1 saturated heterocycles. The number of nitrogens with one attached hydrogen (secondary N) is 2. The molecule has 1 aromatic rings. The zero-order valence-corrected chi connectivity index (χ0v) is 16.9. The Labute approximate surface area is 156 Å². The number of ether oxygens (including phenoxy) is 1. The molecule has 7 nitrogen and oxygen atoms in total. The Balaban J connectivity index is 1.99. The summed E-state index contributed by atoms with van der Waals surface area (Å²) in [4.78, 5) is 13.7. The molecule has 0 aliphatic carbocycles. The quantitative estimate of drug-likeness (QED) is 0.612. The molecule has 146 valence electrons. The van der Waals surface area contributed by atoms with E-state index in [0.717, 1.165) is 16.0 Å². The first-order valence-electron chi connectivity index (χ1n) is 8.96. The number of aryl methyl sites for hydroxylation is 2. The lowest BCUT2D eigenvalue weighted by Crippen LogP contribution is -3.19. The normalized spacial score (nSPS) is 17.8. The first kappa shape index (κ1) is 20.8. The van der Waals surface area contributed by atoms with E-state index in [1.165, 1.54) is 4.31 Å². The summed E-state index contributed by atoms with van der Waals surface area (Å²) >= 11 is 0. The largest absolute Gasteiger partial charge is 0.383 e.